The first kappa shape index (κ1) is 16.6. The van der Waals surface area contributed by atoms with Crippen LogP contribution in [0.2, 0.25) is 0 Å². The molecule has 5 nitrogen and oxygen atoms in total. The normalized spacial score (nSPS) is 12.5. The third kappa shape index (κ3) is 5.28. The van der Waals surface area contributed by atoms with Crippen molar-refractivity contribution in [2.75, 3.05) is 41.4 Å². The molecule has 1 unspecified atom stereocenters. The van der Waals surface area contributed by atoms with Crippen molar-refractivity contribution in [1.82, 2.24) is 9.80 Å². The second-order valence-electron chi connectivity index (χ2n) is 5.23. The highest BCUT2D eigenvalue weighted by Crippen LogP contribution is 2.09. The molecule has 0 fully saturated rings. The Morgan fingerprint density at radius 2 is 2.05 bits per heavy atom. The van der Waals surface area contributed by atoms with E-state index in [9.17, 15) is 9.90 Å². The van der Waals surface area contributed by atoms with Gasteiger partial charge in [-0.2, -0.15) is 0 Å². The standard InChI is InChI=1S/C15H24N2O3/c1-16(2)9-12-6-5-7-13(8-12)15(19)17(3)10-14(18)11-20-4/h5-8,14,18H,9-11H2,1-4H3. The summed E-state index contributed by atoms with van der Waals surface area (Å²) in [6.07, 6.45) is -0.668. The first-order chi connectivity index (χ1) is 9.43. The second kappa shape index (κ2) is 7.99. The lowest BCUT2D eigenvalue weighted by Crippen LogP contribution is -2.36. The van der Waals surface area contributed by atoms with Gasteiger partial charge in [0.25, 0.3) is 5.91 Å². The van der Waals surface area contributed by atoms with E-state index in [0.29, 0.717) is 5.56 Å². The number of likely N-dealkylation sites (N-methyl/N-ethyl adjacent to an activating group) is 1. The SMILES string of the molecule is COCC(O)CN(C)C(=O)c1cccc(CN(C)C)c1. The van der Waals surface area contributed by atoms with E-state index >= 15 is 0 Å². The summed E-state index contributed by atoms with van der Waals surface area (Å²) in [5, 5.41) is 9.66. The predicted octanol–water partition coefficient (Wildman–Crippen LogP) is 0.827. The third-order valence-electron chi connectivity index (χ3n) is 2.86. The highest BCUT2D eigenvalue weighted by Gasteiger charge is 2.15. The summed E-state index contributed by atoms with van der Waals surface area (Å²) in [5.41, 5.74) is 1.73. The molecule has 1 atom stereocenters. The molecule has 0 heterocycles. The van der Waals surface area contributed by atoms with Crippen LogP contribution in [0.15, 0.2) is 24.3 Å². The smallest absolute Gasteiger partial charge is 0.253 e. The van der Waals surface area contributed by atoms with E-state index in [1.165, 1.54) is 12.0 Å². The molecule has 0 aliphatic carbocycles. The molecular formula is C15H24N2O3. The van der Waals surface area contributed by atoms with E-state index in [1.54, 1.807) is 13.1 Å². The molecule has 112 valence electrons. The Balaban J connectivity index is 2.71. The van der Waals surface area contributed by atoms with Crippen LogP contribution in [-0.2, 0) is 11.3 Å². The maximum Gasteiger partial charge on any atom is 0.253 e. The Hall–Kier alpha value is -1.43. The number of hydrogen-bond acceptors (Lipinski definition) is 4. The molecule has 1 N–H and O–H groups in total. The number of rotatable bonds is 7. The van der Waals surface area contributed by atoms with Crippen molar-refractivity contribution >= 4 is 5.91 Å². The fraction of sp³-hybridized carbons (Fsp3) is 0.533. The summed E-state index contributed by atoms with van der Waals surface area (Å²) in [6.45, 7) is 1.26. The van der Waals surface area contributed by atoms with Gasteiger partial charge in [-0.3, -0.25) is 4.79 Å². The van der Waals surface area contributed by atoms with Gasteiger partial charge >= 0.3 is 0 Å². The van der Waals surface area contributed by atoms with Gasteiger partial charge in [0, 0.05) is 32.8 Å². The van der Waals surface area contributed by atoms with Crippen LogP contribution in [-0.4, -0.2) is 68.3 Å². The van der Waals surface area contributed by atoms with Crippen LogP contribution in [0.25, 0.3) is 0 Å². The molecule has 20 heavy (non-hydrogen) atoms. The quantitative estimate of drug-likeness (QED) is 0.804. The molecule has 0 spiro atoms. The number of nitrogens with zero attached hydrogens (tertiary/aromatic N) is 2. The highest BCUT2D eigenvalue weighted by molar-refractivity contribution is 5.94. The topological polar surface area (TPSA) is 53.0 Å². The van der Waals surface area contributed by atoms with Crippen molar-refractivity contribution in [3.63, 3.8) is 0 Å². The van der Waals surface area contributed by atoms with E-state index in [2.05, 4.69) is 4.90 Å². The number of aliphatic hydroxyl groups excluding tert-OH is 1. The average molecular weight is 280 g/mol. The Morgan fingerprint density at radius 3 is 2.65 bits per heavy atom. The van der Waals surface area contributed by atoms with Gasteiger partial charge in [-0.1, -0.05) is 12.1 Å². The number of aliphatic hydroxyl groups is 1. The average Bonchev–Trinajstić information content (AvgIpc) is 2.37. The fourth-order valence-corrected chi connectivity index (χ4v) is 2.03. The van der Waals surface area contributed by atoms with E-state index in [4.69, 9.17) is 4.74 Å². The predicted molar refractivity (Wildman–Crippen MR) is 78.7 cm³/mol. The molecule has 1 amide bonds. The molecule has 5 heteroatoms. The van der Waals surface area contributed by atoms with Crippen LogP contribution in [0.3, 0.4) is 0 Å². The van der Waals surface area contributed by atoms with Gasteiger partial charge < -0.3 is 19.6 Å². The number of carbonyl (C=O) groups is 1. The molecule has 0 bridgehead atoms. The fourth-order valence-electron chi connectivity index (χ4n) is 2.03. The molecular weight excluding hydrogens is 256 g/mol. The highest BCUT2D eigenvalue weighted by atomic mass is 16.5. The largest absolute Gasteiger partial charge is 0.389 e. The number of methoxy groups -OCH3 is 1. The van der Waals surface area contributed by atoms with E-state index in [-0.39, 0.29) is 19.1 Å². The second-order valence-corrected chi connectivity index (χ2v) is 5.23. The van der Waals surface area contributed by atoms with E-state index in [0.717, 1.165) is 12.1 Å². The van der Waals surface area contributed by atoms with Crippen LogP contribution < -0.4 is 0 Å². The molecule has 0 aliphatic heterocycles. The van der Waals surface area contributed by atoms with Gasteiger partial charge in [0.05, 0.1) is 12.7 Å². The van der Waals surface area contributed by atoms with Crippen LogP contribution in [0.4, 0.5) is 0 Å². The van der Waals surface area contributed by atoms with Crippen LogP contribution in [0, 0.1) is 0 Å². The monoisotopic (exact) mass is 280 g/mol. The van der Waals surface area contributed by atoms with Gasteiger partial charge in [-0.25, -0.2) is 0 Å². The van der Waals surface area contributed by atoms with Gasteiger partial charge in [0.1, 0.15) is 0 Å². The molecule has 1 rings (SSSR count). The summed E-state index contributed by atoms with van der Waals surface area (Å²) in [6, 6.07) is 7.56. The zero-order valence-corrected chi connectivity index (χ0v) is 12.7. The van der Waals surface area contributed by atoms with Gasteiger partial charge in [-0.05, 0) is 31.8 Å². The molecule has 0 aliphatic rings. The van der Waals surface area contributed by atoms with Crippen molar-refractivity contribution < 1.29 is 14.6 Å². The van der Waals surface area contributed by atoms with E-state index in [1.807, 2.05) is 32.3 Å². The Bertz CT molecular complexity index is 435. The van der Waals surface area contributed by atoms with Crippen molar-refractivity contribution in [1.29, 1.82) is 0 Å². The summed E-state index contributed by atoms with van der Waals surface area (Å²) < 4.78 is 4.86. The number of hydrogen-bond donors (Lipinski definition) is 1. The van der Waals surface area contributed by atoms with Gasteiger partial charge in [0.2, 0.25) is 0 Å². The Morgan fingerprint density at radius 1 is 1.35 bits per heavy atom. The molecule has 0 radical (unpaired) electrons. The number of carbonyl (C=O) groups excluding carboxylic acids is 1. The van der Waals surface area contributed by atoms with E-state index < -0.39 is 6.10 Å². The summed E-state index contributed by atoms with van der Waals surface area (Å²) in [5.74, 6) is -0.0965. The Kier molecular flexibility index (Phi) is 6.64. The molecule has 1 aromatic rings. The maximum atomic E-state index is 12.3. The lowest BCUT2D eigenvalue weighted by Gasteiger charge is -2.21. The van der Waals surface area contributed by atoms with Crippen LogP contribution >= 0.6 is 0 Å². The minimum absolute atomic E-state index is 0.0965. The zero-order valence-electron chi connectivity index (χ0n) is 12.7. The summed E-state index contributed by atoms with van der Waals surface area (Å²) in [7, 11) is 7.18. The number of benzene rings is 1. The lowest BCUT2D eigenvalue weighted by molar-refractivity contribution is 0.0380. The number of amides is 1. The number of ether oxygens (including phenoxy) is 1. The first-order valence-corrected chi connectivity index (χ1v) is 6.60. The van der Waals surface area contributed by atoms with Crippen molar-refractivity contribution in [3.05, 3.63) is 35.4 Å². The molecule has 1 aromatic carbocycles. The summed E-state index contributed by atoms with van der Waals surface area (Å²) in [4.78, 5) is 15.8. The van der Waals surface area contributed by atoms with Crippen molar-refractivity contribution in [2.24, 2.45) is 0 Å². The minimum atomic E-state index is -0.668. The molecule has 0 aromatic heterocycles. The Labute approximate surface area is 120 Å². The van der Waals surface area contributed by atoms with Crippen molar-refractivity contribution in [3.8, 4) is 0 Å². The lowest BCUT2D eigenvalue weighted by atomic mass is 10.1. The van der Waals surface area contributed by atoms with Crippen LogP contribution in [0.1, 0.15) is 15.9 Å². The molecule has 0 saturated heterocycles. The maximum absolute atomic E-state index is 12.3. The van der Waals surface area contributed by atoms with Crippen molar-refractivity contribution in [2.45, 2.75) is 12.6 Å². The summed E-state index contributed by atoms with van der Waals surface area (Å²) >= 11 is 0. The zero-order chi connectivity index (χ0) is 15.1. The first-order valence-electron chi connectivity index (χ1n) is 6.60. The van der Waals surface area contributed by atoms with Gasteiger partial charge in [0.15, 0.2) is 0 Å². The minimum Gasteiger partial charge on any atom is -0.389 e. The third-order valence-corrected chi connectivity index (χ3v) is 2.86. The van der Waals surface area contributed by atoms with Gasteiger partial charge in [-0.15, -0.1) is 0 Å². The molecule has 0 saturated carbocycles. The van der Waals surface area contributed by atoms with Crippen LogP contribution in [0.5, 0.6) is 0 Å².